The third kappa shape index (κ3) is 5.18. The van der Waals surface area contributed by atoms with E-state index in [0.29, 0.717) is 29.8 Å². The first-order valence-corrected chi connectivity index (χ1v) is 11.5. The first-order valence-electron chi connectivity index (χ1n) is 11.5. The first-order chi connectivity index (χ1) is 16.0. The number of aromatic nitrogens is 2. The van der Waals surface area contributed by atoms with E-state index in [0.717, 1.165) is 48.3 Å². The summed E-state index contributed by atoms with van der Waals surface area (Å²) in [7, 11) is 3.25. The average Bonchev–Trinajstić information content (AvgIpc) is 2.83. The maximum absolute atomic E-state index is 12.6. The zero-order valence-electron chi connectivity index (χ0n) is 19.8. The van der Waals surface area contributed by atoms with Crippen molar-refractivity contribution in [1.82, 2.24) is 9.97 Å². The molecule has 4 rings (SSSR count). The number of ether oxygens (including phenoxy) is 2. The van der Waals surface area contributed by atoms with Crippen molar-refractivity contribution in [3.05, 3.63) is 48.3 Å². The Kier molecular flexibility index (Phi) is 6.96. The zero-order valence-corrected chi connectivity index (χ0v) is 19.8. The lowest BCUT2D eigenvalue weighted by Crippen LogP contribution is -2.35. The van der Waals surface area contributed by atoms with Crippen molar-refractivity contribution in [1.29, 1.82) is 0 Å². The standard InChI is InChI=1S/C26H32N4O3/c1-17(2)19-5-7-20(8-6-19)29-25(31)13-18-9-11-30(12-10-18)26-21-14-23(32-3)24(33-4)15-22(21)27-16-28-26/h5-8,14-18H,9-13H2,1-4H3,(H,29,31). The number of hydrogen-bond donors (Lipinski definition) is 1. The van der Waals surface area contributed by atoms with E-state index in [9.17, 15) is 4.79 Å². The van der Waals surface area contributed by atoms with Gasteiger partial charge in [0, 0.05) is 36.7 Å². The van der Waals surface area contributed by atoms with Crippen molar-refractivity contribution in [3.8, 4) is 11.5 Å². The first kappa shape index (κ1) is 22.8. The lowest BCUT2D eigenvalue weighted by atomic mass is 9.93. The average molecular weight is 449 g/mol. The van der Waals surface area contributed by atoms with Gasteiger partial charge in [0.15, 0.2) is 11.5 Å². The van der Waals surface area contributed by atoms with Gasteiger partial charge in [0.25, 0.3) is 0 Å². The van der Waals surface area contributed by atoms with Gasteiger partial charge in [0.2, 0.25) is 5.91 Å². The predicted molar refractivity (Wildman–Crippen MR) is 131 cm³/mol. The van der Waals surface area contributed by atoms with Gasteiger partial charge >= 0.3 is 0 Å². The fourth-order valence-corrected chi connectivity index (χ4v) is 4.40. The molecule has 0 unspecified atom stereocenters. The molecule has 1 aliphatic rings. The number of nitrogens with one attached hydrogen (secondary N) is 1. The van der Waals surface area contributed by atoms with E-state index in [2.05, 4.69) is 46.2 Å². The van der Waals surface area contributed by atoms with Crippen molar-refractivity contribution in [2.24, 2.45) is 5.92 Å². The second-order valence-corrected chi connectivity index (χ2v) is 8.88. The number of methoxy groups -OCH3 is 2. The van der Waals surface area contributed by atoms with E-state index in [1.807, 2.05) is 24.3 Å². The number of rotatable bonds is 7. The van der Waals surface area contributed by atoms with E-state index < -0.39 is 0 Å². The van der Waals surface area contributed by atoms with Crippen LogP contribution in [-0.4, -0.2) is 43.2 Å². The summed E-state index contributed by atoms with van der Waals surface area (Å²) in [5.74, 6) is 3.13. The molecule has 33 heavy (non-hydrogen) atoms. The van der Waals surface area contributed by atoms with Crippen molar-refractivity contribution < 1.29 is 14.3 Å². The molecule has 0 atom stereocenters. The molecular weight excluding hydrogens is 416 g/mol. The zero-order chi connectivity index (χ0) is 23.4. The molecule has 2 heterocycles. The number of piperidine rings is 1. The minimum Gasteiger partial charge on any atom is -0.493 e. The summed E-state index contributed by atoms with van der Waals surface area (Å²) in [4.78, 5) is 23.8. The molecule has 7 heteroatoms. The number of nitrogens with zero attached hydrogens (tertiary/aromatic N) is 3. The van der Waals surface area contributed by atoms with Crippen LogP contribution in [0.5, 0.6) is 11.5 Å². The number of amides is 1. The minimum absolute atomic E-state index is 0.0788. The van der Waals surface area contributed by atoms with Gasteiger partial charge in [-0.25, -0.2) is 9.97 Å². The molecule has 1 amide bonds. The van der Waals surface area contributed by atoms with Gasteiger partial charge in [-0.05, 0) is 48.4 Å². The van der Waals surface area contributed by atoms with E-state index in [4.69, 9.17) is 9.47 Å². The van der Waals surface area contributed by atoms with Crippen LogP contribution in [0.2, 0.25) is 0 Å². The van der Waals surface area contributed by atoms with Gasteiger partial charge in [-0.3, -0.25) is 4.79 Å². The third-order valence-corrected chi connectivity index (χ3v) is 6.37. The molecule has 174 valence electrons. The van der Waals surface area contributed by atoms with Crippen LogP contribution in [0.3, 0.4) is 0 Å². The quantitative estimate of drug-likeness (QED) is 0.547. The number of benzene rings is 2. The van der Waals surface area contributed by atoms with E-state index in [1.165, 1.54) is 5.56 Å². The topological polar surface area (TPSA) is 76.6 Å². The van der Waals surface area contributed by atoms with Gasteiger partial charge in [0.1, 0.15) is 12.1 Å². The number of carbonyl (C=O) groups is 1. The normalized spacial score (nSPS) is 14.5. The Morgan fingerprint density at radius 3 is 2.36 bits per heavy atom. The highest BCUT2D eigenvalue weighted by molar-refractivity contribution is 5.92. The van der Waals surface area contributed by atoms with Gasteiger partial charge in [-0.15, -0.1) is 0 Å². The highest BCUT2D eigenvalue weighted by Crippen LogP contribution is 2.36. The largest absolute Gasteiger partial charge is 0.493 e. The molecule has 7 nitrogen and oxygen atoms in total. The molecule has 0 radical (unpaired) electrons. The molecular formula is C26H32N4O3. The van der Waals surface area contributed by atoms with Crippen LogP contribution < -0.4 is 19.7 Å². The Bertz CT molecular complexity index is 1110. The van der Waals surface area contributed by atoms with Gasteiger partial charge in [0.05, 0.1) is 19.7 Å². The number of carbonyl (C=O) groups excluding carboxylic acids is 1. The summed E-state index contributed by atoms with van der Waals surface area (Å²) in [6, 6.07) is 11.9. The molecule has 1 aliphatic heterocycles. The highest BCUT2D eigenvalue weighted by Gasteiger charge is 2.24. The van der Waals surface area contributed by atoms with E-state index in [1.54, 1.807) is 20.5 Å². The van der Waals surface area contributed by atoms with Gasteiger partial charge in [-0.2, -0.15) is 0 Å². The van der Waals surface area contributed by atoms with Crippen LogP contribution in [-0.2, 0) is 4.79 Å². The van der Waals surface area contributed by atoms with Crippen molar-refractivity contribution in [2.45, 2.75) is 39.0 Å². The molecule has 1 aromatic heterocycles. The lowest BCUT2D eigenvalue weighted by Gasteiger charge is -2.33. The van der Waals surface area contributed by atoms with Crippen molar-refractivity contribution in [3.63, 3.8) is 0 Å². The van der Waals surface area contributed by atoms with Gasteiger partial charge < -0.3 is 19.7 Å². The minimum atomic E-state index is 0.0788. The van der Waals surface area contributed by atoms with Gasteiger partial charge in [-0.1, -0.05) is 26.0 Å². The van der Waals surface area contributed by atoms with Crippen molar-refractivity contribution >= 4 is 28.3 Å². The molecule has 0 bridgehead atoms. The molecule has 0 spiro atoms. The monoisotopic (exact) mass is 448 g/mol. The number of fused-ring (bicyclic) bond motifs is 1. The summed E-state index contributed by atoms with van der Waals surface area (Å²) >= 11 is 0. The third-order valence-electron chi connectivity index (χ3n) is 6.37. The fourth-order valence-electron chi connectivity index (χ4n) is 4.40. The van der Waals surface area contributed by atoms with Crippen LogP contribution in [0.1, 0.15) is 44.6 Å². The molecule has 1 fully saturated rings. The highest BCUT2D eigenvalue weighted by atomic mass is 16.5. The smallest absolute Gasteiger partial charge is 0.224 e. The molecule has 3 aromatic rings. The van der Waals surface area contributed by atoms with Crippen LogP contribution in [0.4, 0.5) is 11.5 Å². The van der Waals surface area contributed by atoms with E-state index >= 15 is 0 Å². The molecule has 0 saturated carbocycles. The Morgan fingerprint density at radius 1 is 1.06 bits per heavy atom. The second-order valence-electron chi connectivity index (χ2n) is 8.88. The van der Waals surface area contributed by atoms with Crippen LogP contribution in [0.15, 0.2) is 42.7 Å². The van der Waals surface area contributed by atoms with Crippen LogP contribution >= 0.6 is 0 Å². The summed E-state index contributed by atoms with van der Waals surface area (Å²) in [6.45, 7) is 6.03. The van der Waals surface area contributed by atoms with Crippen LogP contribution in [0, 0.1) is 5.92 Å². The lowest BCUT2D eigenvalue weighted by molar-refractivity contribution is -0.117. The molecule has 1 N–H and O–H groups in total. The SMILES string of the molecule is COc1cc2ncnc(N3CCC(CC(=O)Nc4ccc(C(C)C)cc4)CC3)c2cc1OC. The Labute approximate surface area is 195 Å². The Hall–Kier alpha value is -3.35. The maximum Gasteiger partial charge on any atom is 0.224 e. The molecule has 0 aliphatic carbocycles. The predicted octanol–water partition coefficient (Wildman–Crippen LogP) is 5.02. The van der Waals surface area contributed by atoms with Crippen molar-refractivity contribution in [2.75, 3.05) is 37.5 Å². The Morgan fingerprint density at radius 2 is 1.73 bits per heavy atom. The Balaban J connectivity index is 1.37. The molecule has 2 aromatic carbocycles. The summed E-state index contributed by atoms with van der Waals surface area (Å²) < 4.78 is 10.9. The number of anilines is 2. The van der Waals surface area contributed by atoms with Crippen LogP contribution in [0.25, 0.3) is 10.9 Å². The second kappa shape index (κ2) is 10.1. The fraction of sp³-hybridized carbons (Fsp3) is 0.423. The summed E-state index contributed by atoms with van der Waals surface area (Å²) in [5.41, 5.74) is 2.95. The molecule has 1 saturated heterocycles. The van der Waals surface area contributed by atoms with E-state index in [-0.39, 0.29) is 5.91 Å². The number of hydrogen-bond acceptors (Lipinski definition) is 6. The summed E-state index contributed by atoms with van der Waals surface area (Å²) in [6.07, 6.45) is 4.01. The summed E-state index contributed by atoms with van der Waals surface area (Å²) in [5, 5.41) is 3.99. The maximum atomic E-state index is 12.6.